The Morgan fingerprint density at radius 2 is 1.95 bits per heavy atom. The SMILES string of the molecule is COC(=O)CC(C)S(=O)(=O)Cc1ccc(F)c(F)c1. The molecule has 0 aliphatic heterocycles. The maximum Gasteiger partial charge on any atom is 0.306 e. The molecule has 0 spiro atoms. The quantitative estimate of drug-likeness (QED) is 0.777. The van der Waals surface area contributed by atoms with Crippen LogP contribution in [0.2, 0.25) is 0 Å². The van der Waals surface area contributed by atoms with Crippen LogP contribution in [0.25, 0.3) is 0 Å². The van der Waals surface area contributed by atoms with Gasteiger partial charge in [0.1, 0.15) is 0 Å². The molecule has 0 amide bonds. The van der Waals surface area contributed by atoms with Crippen molar-refractivity contribution in [1.82, 2.24) is 0 Å². The van der Waals surface area contributed by atoms with Crippen molar-refractivity contribution in [2.24, 2.45) is 0 Å². The number of halogens is 2. The number of benzene rings is 1. The lowest BCUT2D eigenvalue weighted by Gasteiger charge is -2.11. The second kappa shape index (κ2) is 6.10. The number of methoxy groups -OCH3 is 1. The minimum atomic E-state index is -3.64. The van der Waals surface area contributed by atoms with Gasteiger partial charge in [-0.3, -0.25) is 4.79 Å². The monoisotopic (exact) mass is 292 g/mol. The summed E-state index contributed by atoms with van der Waals surface area (Å²) in [5.74, 6) is -3.24. The van der Waals surface area contributed by atoms with Crippen LogP contribution in [-0.4, -0.2) is 26.7 Å². The molecule has 19 heavy (non-hydrogen) atoms. The summed E-state index contributed by atoms with van der Waals surface area (Å²) in [6, 6.07) is 2.89. The molecule has 1 aromatic carbocycles. The number of rotatable bonds is 5. The molecule has 7 heteroatoms. The van der Waals surface area contributed by atoms with Crippen molar-refractivity contribution in [2.45, 2.75) is 24.3 Å². The van der Waals surface area contributed by atoms with E-state index in [4.69, 9.17) is 0 Å². The molecule has 106 valence electrons. The van der Waals surface area contributed by atoms with Crippen molar-refractivity contribution in [3.05, 3.63) is 35.4 Å². The first-order valence-corrected chi connectivity index (χ1v) is 7.20. The Morgan fingerprint density at radius 1 is 1.32 bits per heavy atom. The highest BCUT2D eigenvalue weighted by Gasteiger charge is 2.24. The standard InChI is InChI=1S/C12H14F2O4S/c1-8(5-12(15)18-2)19(16,17)7-9-3-4-10(13)11(14)6-9/h3-4,6,8H,5,7H2,1-2H3. The molecule has 0 N–H and O–H groups in total. The lowest BCUT2D eigenvalue weighted by atomic mass is 10.2. The molecular weight excluding hydrogens is 278 g/mol. The molecular formula is C12H14F2O4S. The molecule has 0 radical (unpaired) electrons. The molecule has 0 aliphatic rings. The van der Waals surface area contributed by atoms with Crippen LogP contribution in [0.1, 0.15) is 18.9 Å². The van der Waals surface area contributed by atoms with Crippen molar-refractivity contribution in [2.75, 3.05) is 7.11 Å². The maximum absolute atomic E-state index is 13.0. The van der Waals surface area contributed by atoms with E-state index < -0.39 is 38.4 Å². The van der Waals surface area contributed by atoms with Crippen molar-refractivity contribution in [3.63, 3.8) is 0 Å². The van der Waals surface area contributed by atoms with E-state index in [1.807, 2.05) is 0 Å². The molecule has 1 aromatic rings. The molecule has 0 aromatic heterocycles. The lowest BCUT2D eigenvalue weighted by Crippen LogP contribution is -2.23. The third-order valence-corrected chi connectivity index (χ3v) is 4.78. The Morgan fingerprint density at radius 3 is 2.47 bits per heavy atom. The van der Waals surface area contributed by atoms with E-state index in [1.165, 1.54) is 13.0 Å². The lowest BCUT2D eigenvalue weighted by molar-refractivity contribution is -0.140. The molecule has 0 heterocycles. The maximum atomic E-state index is 13.0. The number of ether oxygens (including phenoxy) is 1. The Balaban J connectivity index is 2.84. The summed E-state index contributed by atoms with van der Waals surface area (Å²) in [6.45, 7) is 1.37. The molecule has 0 saturated heterocycles. The minimum absolute atomic E-state index is 0.135. The summed E-state index contributed by atoms with van der Waals surface area (Å²) in [5, 5.41) is -0.951. The average Bonchev–Trinajstić information content (AvgIpc) is 2.33. The van der Waals surface area contributed by atoms with Crippen LogP contribution in [0, 0.1) is 11.6 Å². The normalized spacial score (nSPS) is 13.1. The molecule has 1 atom stereocenters. The van der Waals surface area contributed by atoms with Crippen LogP contribution < -0.4 is 0 Å². The van der Waals surface area contributed by atoms with E-state index in [2.05, 4.69) is 4.74 Å². The van der Waals surface area contributed by atoms with Gasteiger partial charge in [0.2, 0.25) is 0 Å². The van der Waals surface area contributed by atoms with Gasteiger partial charge in [0, 0.05) is 0 Å². The Labute approximate surface area is 110 Å². The van der Waals surface area contributed by atoms with Gasteiger partial charge in [-0.15, -0.1) is 0 Å². The van der Waals surface area contributed by atoms with Crippen LogP contribution in [0.3, 0.4) is 0 Å². The van der Waals surface area contributed by atoms with E-state index in [0.29, 0.717) is 0 Å². The van der Waals surface area contributed by atoms with Crippen molar-refractivity contribution in [3.8, 4) is 0 Å². The van der Waals surface area contributed by atoms with E-state index >= 15 is 0 Å². The fourth-order valence-electron chi connectivity index (χ4n) is 1.45. The highest BCUT2D eigenvalue weighted by atomic mass is 32.2. The van der Waals surface area contributed by atoms with Crippen LogP contribution in [0.15, 0.2) is 18.2 Å². The van der Waals surface area contributed by atoms with E-state index in [1.54, 1.807) is 0 Å². The highest BCUT2D eigenvalue weighted by molar-refractivity contribution is 7.91. The minimum Gasteiger partial charge on any atom is -0.469 e. The smallest absolute Gasteiger partial charge is 0.306 e. The number of hydrogen-bond donors (Lipinski definition) is 0. The Kier molecular flexibility index (Phi) is 4.99. The second-order valence-electron chi connectivity index (χ2n) is 4.15. The molecule has 0 fully saturated rings. The second-order valence-corrected chi connectivity index (χ2v) is 6.57. The van der Waals surface area contributed by atoms with Crippen molar-refractivity contribution < 1.29 is 26.7 Å². The van der Waals surface area contributed by atoms with Crippen LogP contribution in [-0.2, 0) is 25.1 Å². The molecule has 1 unspecified atom stereocenters. The first-order chi connectivity index (χ1) is 8.76. The fraction of sp³-hybridized carbons (Fsp3) is 0.417. The van der Waals surface area contributed by atoms with E-state index in [9.17, 15) is 22.0 Å². The van der Waals surface area contributed by atoms with Gasteiger partial charge in [-0.2, -0.15) is 0 Å². The summed E-state index contributed by atoms with van der Waals surface area (Å²) in [7, 11) is -2.47. The summed E-state index contributed by atoms with van der Waals surface area (Å²) in [5.41, 5.74) is 0.135. The molecule has 0 bridgehead atoms. The molecule has 0 saturated carbocycles. The summed E-state index contributed by atoms with van der Waals surface area (Å²) in [6.07, 6.45) is -0.275. The van der Waals surface area contributed by atoms with Gasteiger partial charge in [-0.25, -0.2) is 17.2 Å². The largest absolute Gasteiger partial charge is 0.469 e. The third kappa shape index (κ3) is 4.27. The van der Waals surface area contributed by atoms with Gasteiger partial charge in [-0.1, -0.05) is 6.07 Å². The van der Waals surface area contributed by atoms with Gasteiger partial charge in [0.15, 0.2) is 21.5 Å². The van der Waals surface area contributed by atoms with Crippen molar-refractivity contribution >= 4 is 15.8 Å². The van der Waals surface area contributed by atoms with Gasteiger partial charge >= 0.3 is 5.97 Å². The number of sulfone groups is 1. The summed E-state index contributed by atoms with van der Waals surface area (Å²) < 4.78 is 53.9. The fourth-order valence-corrected chi connectivity index (χ4v) is 2.77. The van der Waals surface area contributed by atoms with Crippen molar-refractivity contribution in [1.29, 1.82) is 0 Å². The predicted octanol–water partition coefficient (Wildman–Crippen LogP) is 1.83. The predicted molar refractivity (Wildman–Crippen MR) is 65.1 cm³/mol. The first kappa shape index (κ1) is 15.6. The van der Waals surface area contributed by atoms with Crippen LogP contribution in [0.5, 0.6) is 0 Å². The molecule has 1 rings (SSSR count). The van der Waals surface area contributed by atoms with Crippen LogP contribution in [0.4, 0.5) is 8.78 Å². The van der Waals surface area contributed by atoms with Gasteiger partial charge < -0.3 is 4.74 Å². The van der Waals surface area contributed by atoms with Gasteiger partial charge in [0.25, 0.3) is 0 Å². The highest BCUT2D eigenvalue weighted by Crippen LogP contribution is 2.16. The Bertz CT molecular complexity index is 569. The zero-order valence-corrected chi connectivity index (χ0v) is 11.3. The zero-order valence-electron chi connectivity index (χ0n) is 10.5. The van der Waals surface area contributed by atoms with Gasteiger partial charge in [-0.05, 0) is 24.6 Å². The summed E-state index contributed by atoms with van der Waals surface area (Å²) >= 11 is 0. The summed E-state index contributed by atoms with van der Waals surface area (Å²) in [4.78, 5) is 11.0. The molecule has 4 nitrogen and oxygen atoms in total. The van der Waals surface area contributed by atoms with Gasteiger partial charge in [0.05, 0.1) is 24.5 Å². The van der Waals surface area contributed by atoms with E-state index in [0.717, 1.165) is 19.2 Å². The average molecular weight is 292 g/mol. The van der Waals surface area contributed by atoms with Crippen LogP contribution >= 0.6 is 0 Å². The number of carbonyl (C=O) groups excluding carboxylic acids is 1. The Hall–Kier alpha value is -1.50. The van der Waals surface area contributed by atoms with E-state index in [-0.39, 0.29) is 12.0 Å². The zero-order chi connectivity index (χ0) is 14.6. The first-order valence-electron chi connectivity index (χ1n) is 5.48. The number of hydrogen-bond acceptors (Lipinski definition) is 4. The topological polar surface area (TPSA) is 60.4 Å². The number of carbonyl (C=O) groups is 1. The molecule has 0 aliphatic carbocycles. The number of esters is 1. The third-order valence-electron chi connectivity index (χ3n) is 2.65.